The maximum Gasteiger partial charge on any atom is 0.191 e. The fraction of sp³-hybridized carbons (Fsp3) is 0.208. The molecule has 0 spiro atoms. The zero-order chi connectivity index (χ0) is 21.3. The predicted octanol–water partition coefficient (Wildman–Crippen LogP) is 3.02. The second-order valence-corrected chi connectivity index (χ2v) is 7.24. The zero-order valence-electron chi connectivity index (χ0n) is 17.6. The van der Waals surface area contributed by atoms with Gasteiger partial charge in [0.05, 0.1) is 12.2 Å². The van der Waals surface area contributed by atoms with Gasteiger partial charge in [0.1, 0.15) is 0 Å². The molecule has 2 aromatic carbocycles. The standard InChI is InChI=1S/C24H27N7/c1-25-24(26-14-11-20-7-9-23(10-8-20)31-16-4-13-29-31)27-18-21-5-2-6-22(17-21)19-30-15-3-12-28-30/h2-10,12-13,15-17H,11,14,18-19H2,1H3,(H2,25,26,27). The molecule has 0 saturated carbocycles. The van der Waals surface area contributed by atoms with Crippen molar-refractivity contribution in [2.45, 2.75) is 19.5 Å². The average molecular weight is 414 g/mol. The van der Waals surface area contributed by atoms with E-state index < -0.39 is 0 Å². The predicted molar refractivity (Wildman–Crippen MR) is 123 cm³/mol. The number of benzene rings is 2. The molecule has 4 rings (SSSR count). The van der Waals surface area contributed by atoms with E-state index in [0.29, 0.717) is 6.54 Å². The lowest BCUT2D eigenvalue weighted by Crippen LogP contribution is -2.37. The second-order valence-electron chi connectivity index (χ2n) is 7.24. The first-order valence-corrected chi connectivity index (χ1v) is 10.4. The normalized spacial score (nSPS) is 11.5. The van der Waals surface area contributed by atoms with Crippen LogP contribution in [0, 0.1) is 0 Å². The number of aliphatic imine (C=N–C) groups is 1. The van der Waals surface area contributed by atoms with Gasteiger partial charge in [0.2, 0.25) is 0 Å². The molecule has 0 aliphatic rings. The van der Waals surface area contributed by atoms with Crippen molar-refractivity contribution < 1.29 is 0 Å². The molecule has 4 aromatic rings. The lowest BCUT2D eigenvalue weighted by Gasteiger charge is -2.13. The molecule has 2 N–H and O–H groups in total. The van der Waals surface area contributed by atoms with Crippen molar-refractivity contribution in [1.82, 2.24) is 30.2 Å². The molecule has 0 unspecified atom stereocenters. The number of aromatic nitrogens is 4. The molecule has 7 nitrogen and oxygen atoms in total. The van der Waals surface area contributed by atoms with Gasteiger partial charge in [-0.2, -0.15) is 10.2 Å². The summed E-state index contributed by atoms with van der Waals surface area (Å²) in [5.74, 6) is 0.797. The van der Waals surface area contributed by atoms with E-state index in [1.165, 1.54) is 16.7 Å². The van der Waals surface area contributed by atoms with Crippen LogP contribution in [-0.2, 0) is 19.5 Å². The third-order valence-electron chi connectivity index (χ3n) is 4.99. The Kier molecular flexibility index (Phi) is 6.74. The second kappa shape index (κ2) is 10.2. The van der Waals surface area contributed by atoms with Gasteiger partial charge < -0.3 is 10.6 Å². The maximum atomic E-state index is 4.33. The van der Waals surface area contributed by atoms with E-state index in [1.807, 2.05) is 33.9 Å². The van der Waals surface area contributed by atoms with Crippen LogP contribution in [0.1, 0.15) is 16.7 Å². The third kappa shape index (κ3) is 5.82. The molecule has 0 radical (unpaired) electrons. The molecule has 0 amide bonds. The Balaban J connectivity index is 1.24. The molecule has 0 fully saturated rings. The molecule has 2 aromatic heterocycles. The van der Waals surface area contributed by atoms with Crippen LogP contribution in [0.5, 0.6) is 0 Å². The van der Waals surface area contributed by atoms with Crippen LogP contribution in [0.15, 0.2) is 90.4 Å². The van der Waals surface area contributed by atoms with Crippen molar-refractivity contribution in [3.05, 3.63) is 102 Å². The third-order valence-corrected chi connectivity index (χ3v) is 4.99. The zero-order valence-corrected chi connectivity index (χ0v) is 17.6. The highest BCUT2D eigenvalue weighted by molar-refractivity contribution is 5.79. The Labute approximate surface area is 182 Å². The Morgan fingerprint density at radius 1 is 0.871 bits per heavy atom. The lowest BCUT2D eigenvalue weighted by atomic mass is 10.1. The van der Waals surface area contributed by atoms with E-state index in [1.54, 1.807) is 19.4 Å². The van der Waals surface area contributed by atoms with Crippen LogP contribution in [-0.4, -0.2) is 39.1 Å². The van der Waals surface area contributed by atoms with Gasteiger partial charge in [-0.15, -0.1) is 0 Å². The highest BCUT2D eigenvalue weighted by atomic mass is 15.3. The fourth-order valence-corrected chi connectivity index (χ4v) is 3.39. The molecular formula is C24H27N7. The van der Waals surface area contributed by atoms with Crippen molar-refractivity contribution in [3.8, 4) is 5.69 Å². The molecule has 2 heterocycles. The van der Waals surface area contributed by atoms with Crippen molar-refractivity contribution >= 4 is 5.96 Å². The Morgan fingerprint density at radius 3 is 2.42 bits per heavy atom. The van der Waals surface area contributed by atoms with Crippen LogP contribution < -0.4 is 10.6 Å². The molecule has 158 valence electrons. The molecular weight excluding hydrogens is 386 g/mol. The van der Waals surface area contributed by atoms with Crippen LogP contribution >= 0.6 is 0 Å². The van der Waals surface area contributed by atoms with Gasteiger partial charge in [0.15, 0.2) is 5.96 Å². The van der Waals surface area contributed by atoms with Gasteiger partial charge in [0.25, 0.3) is 0 Å². The number of nitrogens with zero attached hydrogens (tertiary/aromatic N) is 5. The smallest absolute Gasteiger partial charge is 0.191 e. The minimum Gasteiger partial charge on any atom is -0.356 e. The van der Waals surface area contributed by atoms with Gasteiger partial charge in [0, 0.05) is 44.9 Å². The molecule has 0 bridgehead atoms. The summed E-state index contributed by atoms with van der Waals surface area (Å²) < 4.78 is 3.78. The van der Waals surface area contributed by atoms with Crippen LogP contribution in [0.25, 0.3) is 5.69 Å². The van der Waals surface area contributed by atoms with E-state index in [4.69, 9.17) is 0 Å². The number of guanidine groups is 1. The molecule has 0 atom stereocenters. The molecule has 0 aliphatic carbocycles. The van der Waals surface area contributed by atoms with Crippen LogP contribution in [0.2, 0.25) is 0 Å². The van der Waals surface area contributed by atoms with E-state index in [9.17, 15) is 0 Å². The Bertz CT molecular complexity index is 1080. The minimum atomic E-state index is 0.713. The first kappa shape index (κ1) is 20.4. The molecule has 0 saturated heterocycles. The molecule has 0 aliphatic heterocycles. The van der Waals surface area contributed by atoms with Gasteiger partial charge in [-0.25, -0.2) is 4.68 Å². The van der Waals surface area contributed by atoms with E-state index >= 15 is 0 Å². The van der Waals surface area contributed by atoms with Crippen molar-refractivity contribution in [2.75, 3.05) is 13.6 Å². The summed E-state index contributed by atoms with van der Waals surface area (Å²) in [4.78, 5) is 4.33. The van der Waals surface area contributed by atoms with E-state index in [0.717, 1.165) is 31.2 Å². The van der Waals surface area contributed by atoms with E-state index in [-0.39, 0.29) is 0 Å². The lowest BCUT2D eigenvalue weighted by molar-refractivity contribution is 0.685. The average Bonchev–Trinajstić information content (AvgIpc) is 3.51. The summed E-state index contributed by atoms with van der Waals surface area (Å²) >= 11 is 0. The highest BCUT2D eigenvalue weighted by Crippen LogP contribution is 2.09. The van der Waals surface area contributed by atoms with Crippen LogP contribution in [0.4, 0.5) is 0 Å². The minimum absolute atomic E-state index is 0.713. The fourth-order valence-electron chi connectivity index (χ4n) is 3.39. The van der Waals surface area contributed by atoms with Gasteiger partial charge in [-0.1, -0.05) is 36.4 Å². The monoisotopic (exact) mass is 413 g/mol. The summed E-state index contributed by atoms with van der Waals surface area (Å²) in [6, 6.07) is 20.8. The van der Waals surface area contributed by atoms with Crippen molar-refractivity contribution in [2.24, 2.45) is 4.99 Å². The van der Waals surface area contributed by atoms with Crippen LogP contribution in [0.3, 0.4) is 0 Å². The Hall–Kier alpha value is -3.87. The number of hydrogen-bond donors (Lipinski definition) is 2. The maximum absolute atomic E-state index is 4.33. The highest BCUT2D eigenvalue weighted by Gasteiger charge is 2.02. The Morgan fingerprint density at radius 2 is 1.68 bits per heavy atom. The topological polar surface area (TPSA) is 72.1 Å². The van der Waals surface area contributed by atoms with E-state index in [2.05, 4.69) is 74.4 Å². The van der Waals surface area contributed by atoms with Gasteiger partial charge in [-0.05, 0) is 47.4 Å². The molecule has 31 heavy (non-hydrogen) atoms. The molecule has 7 heteroatoms. The van der Waals surface area contributed by atoms with Crippen molar-refractivity contribution in [3.63, 3.8) is 0 Å². The quantitative estimate of drug-likeness (QED) is 0.344. The largest absolute Gasteiger partial charge is 0.356 e. The number of rotatable bonds is 8. The summed E-state index contributed by atoms with van der Waals surface area (Å²) in [7, 11) is 1.79. The summed E-state index contributed by atoms with van der Waals surface area (Å²) in [6.45, 7) is 2.29. The van der Waals surface area contributed by atoms with Gasteiger partial charge in [-0.3, -0.25) is 9.67 Å². The first-order chi connectivity index (χ1) is 15.3. The summed E-state index contributed by atoms with van der Waals surface area (Å²) in [5.41, 5.74) is 4.77. The SMILES string of the molecule is CN=C(NCCc1ccc(-n2cccn2)cc1)NCc1cccc(Cn2cccn2)c1. The first-order valence-electron chi connectivity index (χ1n) is 10.4. The number of hydrogen-bond acceptors (Lipinski definition) is 3. The van der Waals surface area contributed by atoms with Gasteiger partial charge >= 0.3 is 0 Å². The summed E-state index contributed by atoms with van der Waals surface area (Å²) in [6.07, 6.45) is 8.42. The summed E-state index contributed by atoms with van der Waals surface area (Å²) in [5, 5.41) is 15.3. The van der Waals surface area contributed by atoms with Crippen molar-refractivity contribution in [1.29, 1.82) is 0 Å². The number of nitrogens with one attached hydrogen (secondary N) is 2.